The van der Waals surface area contributed by atoms with Crippen LogP contribution in [0.1, 0.15) is 37.2 Å². The van der Waals surface area contributed by atoms with E-state index < -0.39 is 0 Å². The quantitative estimate of drug-likeness (QED) is 0.692. The zero-order chi connectivity index (χ0) is 18.9. The lowest BCUT2D eigenvalue weighted by Gasteiger charge is -2.22. The summed E-state index contributed by atoms with van der Waals surface area (Å²) in [5.74, 6) is 0.264. The summed E-state index contributed by atoms with van der Waals surface area (Å²) in [6.07, 6.45) is 7.97. The van der Waals surface area contributed by atoms with Gasteiger partial charge in [0.25, 0.3) is 5.19 Å². The molecular formula is C21H21FN4OS. The fourth-order valence-electron chi connectivity index (χ4n) is 3.59. The Balaban J connectivity index is 1.57. The van der Waals surface area contributed by atoms with Crippen molar-refractivity contribution in [3.05, 3.63) is 48.2 Å². The van der Waals surface area contributed by atoms with Crippen molar-refractivity contribution in [1.29, 1.82) is 0 Å². The first kappa shape index (κ1) is 17.7. The van der Waals surface area contributed by atoms with Crippen molar-refractivity contribution in [3.63, 3.8) is 0 Å². The Morgan fingerprint density at radius 3 is 2.57 bits per heavy atom. The van der Waals surface area contributed by atoms with Gasteiger partial charge in [0.05, 0.1) is 16.3 Å². The number of rotatable bonds is 5. The molecule has 2 fully saturated rings. The first-order valence-electron chi connectivity index (χ1n) is 9.72. The molecule has 0 unspecified atom stereocenters. The molecule has 1 aliphatic carbocycles. The summed E-state index contributed by atoms with van der Waals surface area (Å²) >= 11 is 1.53. The van der Waals surface area contributed by atoms with Gasteiger partial charge >= 0.3 is 0 Å². The molecule has 1 saturated heterocycles. The highest BCUT2D eigenvalue weighted by Crippen LogP contribution is 2.47. The maximum absolute atomic E-state index is 13.4. The van der Waals surface area contributed by atoms with Gasteiger partial charge in [0.2, 0.25) is 0 Å². The largest absolute Gasteiger partial charge is 0.467 e. The monoisotopic (exact) mass is 396 g/mol. The van der Waals surface area contributed by atoms with Crippen molar-refractivity contribution in [2.75, 3.05) is 13.1 Å². The van der Waals surface area contributed by atoms with Gasteiger partial charge in [0, 0.05) is 17.3 Å². The Hall–Kier alpha value is -2.38. The zero-order valence-electron chi connectivity index (χ0n) is 15.4. The lowest BCUT2D eigenvalue weighted by atomic mass is 10.1. The Morgan fingerprint density at radius 2 is 1.82 bits per heavy atom. The van der Waals surface area contributed by atoms with Crippen molar-refractivity contribution >= 4 is 11.3 Å². The van der Waals surface area contributed by atoms with Crippen LogP contribution in [0.5, 0.6) is 5.19 Å². The Kier molecular flexibility index (Phi) is 4.78. The molecule has 0 spiro atoms. The highest BCUT2D eigenvalue weighted by Gasteiger charge is 2.30. The van der Waals surface area contributed by atoms with Gasteiger partial charge in [-0.1, -0.05) is 11.3 Å². The van der Waals surface area contributed by atoms with Crippen molar-refractivity contribution < 1.29 is 9.13 Å². The van der Waals surface area contributed by atoms with Crippen LogP contribution in [0.3, 0.4) is 0 Å². The molecule has 1 aromatic carbocycles. The molecule has 5 nitrogen and oxygen atoms in total. The number of aromatic nitrogens is 3. The number of nitrogens with one attached hydrogen (secondary N) is 1. The number of hydrogen-bond donors (Lipinski definition) is 1. The molecule has 2 aromatic heterocycles. The van der Waals surface area contributed by atoms with Crippen LogP contribution in [0.2, 0.25) is 0 Å². The first-order valence-corrected chi connectivity index (χ1v) is 10.5. The number of ether oxygens (including phenoxy) is 1. The van der Waals surface area contributed by atoms with E-state index in [1.54, 1.807) is 18.5 Å². The van der Waals surface area contributed by atoms with Crippen molar-refractivity contribution in [3.8, 4) is 27.0 Å². The number of nitrogens with zero attached hydrogens (tertiary/aromatic N) is 3. The number of benzene rings is 1. The highest BCUT2D eigenvalue weighted by atomic mass is 32.1. The van der Waals surface area contributed by atoms with Crippen LogP contribution >= 0.6 is 11.3 Å². The lowest BCUT2D eigenvalue weighted by molar-refractivity contribution is 0.162. The van der Waals surface area contributed by atoms with Crippen molar-refractivity contribution in [2.24, 2.45) is 0 Å². The molecular weight excluding hydrogens is 375 g/mol. The van der Waals surface area contributed by atoms with E-state index in [-0.39, 0.29) is 11.9 Å². The Labute approximate surface area is 167 Å². The summed E-state index contributed by atoms with van der Waals surface area (Å²) in [5, 5.41) is 4.01. The van der Waals surface area contributed by atoms with Crippen LogP contribution < -0.4 is 10.1 Å². The molecule has 1 N–H and O–H groups in total. The van der Waals surface area contributed by atoms with Crippen LogP contribution in [-0.4, -0.2) is 34.1 Å². The normalized spacial score (nSPS) is 17.6. The van der Waals surface area contributed by atoms with Crippen LogP contribution in [0.4, 0.5) is 4.39 Å². The van der Waals surface area contributed by atoms with E-state index in [1.807, 2.05) is 6.20 Å². The topological polar surface area (TPSA) is 59.9 Å². The molecule has 0 atom stereocenters. The third-order valence-electron chi connectivity index (χ3n) is 5.25. The SMILES string of the molecule is Fc1ccc(-c2nc(OC3CCNCC3)sc2-c2ncncc2C2CC2)cc1. The summed E-state index contributed by atoms with van der Waals surface area (Å²) < 4.78 is 19.7. The molecule has 0 bridgehead atoms. The second-order valence-electron chi connectivity index (χ2n) is 7.33. The molecule has 144 valence electrons. The van der Waals surface area contributed by atoms with Gasteiger partial charge < -0.3 is 10.1 Å². The van der Waals surface area contributed by atoms with Gasteiger partial charge in [-0.3, -0.25) is 0 Å². The van der Waals surface area contributed by atoms with Gasteiger partial charge in [-0.05, 0) is 69.0 Å². The number of halogens is 1. The molecule has 5 rings (SSSR count). The van der Waals surface area contributed by atoms with E-state index in [9.17, 15) is 4.39 Å². The van der Waals surface area contributed by atoms with Crippen LogP contribution in [0.15, 0.2) is 36.8 Å². The van der Waals surface area contributed by atoms with Crippen LogP contribution in [0.25, 0.3) is 21.8 Å². The molecule has 3 aromatic rings. The molecule has 0 radical (unpaired) electrons. The summed E-state index contributed by atoms with van der Waals surface area (Å²) in [6.45, 7) is 1.93. The minimum atomic E-state index is -0.257. The smallest absolute Gasteiger partial charge is 0.274 e. The third kappa shape index (κ3) is 3.64. The van der Waals surface area contributed by atoms with Gasteiger partial charge in [-0.15, -0.1) is 0 Å². The minimum Gasteiger partial charge on any atom is -0.467 e. The third-order valence-corrected chi connectivity index (χ3v) is 6.20. The molecule has 1 aliphatic heterocycles. The summed E-state index contributed by atoms with van der Waals surface area (Å²) in [6, 6.07) is 6.46. The molecule has 0 amide bonds. The van der Waals surface area contributed by atoms with Gasteiger partial charge in [0.1, 0.15) is 18.2 Å². The van der Waals surface area contributed by atoms with Gasteiger partial charge in [-0.25, -0.2) is 19.3 Å². The Morgan fingerprint density at radius 1 is 1.04 bits per heavy atom. The van der Waals surface area contributed by atoms with E-state index in [0.29, 0.717) is 11.1 Å². The van der Waals surface area contributed by atoms with E-state index in [0.717, 1.165) is 47.8 Å². The molecule has 7 heteroatoms. The summed E-state index contributed by atoms with van der Waals surface area (Å²) in [7, 11) is 0. The molecule has 3 heterocycles. The van der Waals surface area contributed by atoms with E-state index in [2.05, 4.69) is 15.3 Å². The first-order chi connectivity index (χ1) is 13.8. The van der Waals surface area contributed by atoms with E-state index in [1.165, 1.54) is 41.9 Å². The van der Waals surface area contributed by atoms with E-state index >= 15 is 0 Å². The van der Waals surface area contributed by atoms with Gasteiger partial charge in [-0.2, -0.15) is 0 Å². The van der Waals surface area contributed by atoms with Crippen molar-refractivity contribution in [1.82, 2.24) is 20.3 Å². The second kappa shape index (κ2) is 7.56. The molecule has 2 aliphatic rings. The zero-order valence-corrected chi connectivity index (χ0v) is 16.2. The summed E-state index contributed by atoms with van der Waals surface area (Å²) in [4.78, 5) is 14.6. The average molecular weight is 396 g/mol. The Bertz CT molecular complexity index is 965. The fraction of sp³-hybridized carbons (Fsp3) is 0.381. The van der Waals surface area contributed by atoms with E-state index in [4.69, 9.17) is 9.72 Å². The number of piperidine rings is 1. The minimum absolute atomic E-state index is 0.176. The average Bonchev–Trinajstić information content (AvgIpc) is 3.50. The lowest BCUT2D eigenvalue weighted by Crippen LogP contribution is -2.34. The van der Waals surface area contributed by atoms with Crippen LogP contribution in [0, 0.1) is 5.82 Å². The van der Waals surface area contributed by atoms with Crippen molar-refractivity contribution in [2.45, 2.75) is 37.7 Å². The summed E-state index contributed by atoms with van der Waals surface area (Å²) in [5.41, 5.74) is 3.76. The van der Waals surface area contributed by atoms with Gasteiger partial charge in [0.15, 0.2) is 0 Å². The predicted molar refractivity (Wildman–Crippen MR) is 107 cm³/mol. The number of thiazole rings is 1. The predicted octanol–water partition coefficient (Wildman–Crippen LogP) is 4.41. The van der Waals surface area contributed by atoms with Crippen LogP contribution in [-0.2, 0) is 0 Å². The molecule has 28 heavy (non-hydrogen) atoms. The molecule has 1 saturated carbocycles. The maximum atomic E-state index is 13.4. The maximum Gasteiger partial charge on any atom is 0.274 e. The highest BCUT2D eigenvalue weighted by molar-refractivity contribution is 7.17. The standard InChI is InChI=1S/C21H21FN4OS/c22-15-5-3-14(4-6-15)18-20(19-17(13-1-2-13)11-24-12-25-19)28-21(26-18)27-16-7-9-23-10-8-16/h3-6,11-13,16,23H,1-2,7-10H2. The number of hydrogen-bond acceptors (Lipinski definition) is 6. The second-order valence-corrected chi connectivity index (χ2v) is 8.29. The fourth-order valence-corrected chi connectivity index (χ4v) is 4.62.